The van der Waals surface area contributed by atoms with Crippen LogP contribution in [-0.4, -0.2) is 27.1 Å². The van der Waals surface area contributed by atoms with Gasteiger partial charge >= 0.3 is 0 Å². The summed E-state index contributed by atoms with van der Waals surface area (Å²) in [6.07, 6.45) is 1.90. The minimum Gasteiger partial charge on any atom is -0.324 e. The molecule has 1 N–H and O–H groups in total. The molecule has 0 saturated heterocycles. The number of para-hydroxylation sites is 2. The SMILES string of the molecule is CCc1ccccc1NC(=O)CN(c1ccccc1C(C)C)S(C)(=O)=O. The zero-order valence-corrected chi connectivity index (χ0v) is 16.5. The highest BCUT2D eigenvalue weighted by atomic mass is 32.2. The number of carbonyl (C=O) groups is 1. The molecule has 0 aliphatic heterocycles. The molecular formula is C20H26N2O3S. The molecule has 0 heterocycles. The summed E-state index contributed by atoms with van der Waals surface area (Å²) in [5, 5.41) is 2.84. The number of benzene rings is 2. The molecule has 0 unspecified atom stereocenters. The highest BCUT2D eigenvalue weighted by molar-refractivity contribution is 7.92. The van der Waals surface area contributed by atoms with Gasteiger partial charge in [0.15, 0.2) is 0 Å². The summed E-state index contributed by atoms with van der Waals surface area (Å²) in [5.41, 5.74) is 3.16. The summed E-state index contributed by atoms with van der Waals surface area (Å²) in [6, 6.07) is 14.8. The first-order valence-corrected chi connectivity index (χ1v) is 10.5. The number of rotatable bonds is 7. The molecule has 1 amide bonds. The van der Waals surface area contributed by atoms with Crippen LogP contribution in [0.3, 0.4) is 0 Å². The minimum atomic E-state index is -3.60. The number of nitrogens with zero attached hydrogens (tertiary/aromatic N) is 1. The molecule has 0 spiro atoms. The van der Waals surface area contributed by atoms with E-state index >= 15 is 0 Å². The first-order chi connectivity index (χ1) is 12.2. The van der Waals surface area contributed by atoms with Gasteiger partial charge < -0.3 is 5.32 Å². The second kappa shape index (κ2) is 8.36. The lowest BCUT2D eigenvalue weighted by Gasteiger charge is -2.25. The van der Waals surface area contributed by atoms with Crippen molar-refractivity contribution in [3.8, 4) is 0 Å². The third-order valence-electron chi connectivity index (χ3n) is 4.19. The lowest BCUT2D eigenvalue weighted by Crippen LogP contribution is -2.38. The summed E-state index contributed by atoms with van der Waals surface area (Å²) in [4.78, 5) is 12.6. The highest BCUT2D eigenvalue weighted by Gasteiger charge is 2.24. The third kappa shape index (κ3) is 4.85. The van der Waals surface area contributed by atoms with Crippen LogP contribution in [0.25, 0.3) is 0 Å². The van der Waals surface area contributed by atoms with Crippen molar-refractivity contribution in [2.45, 2.75) is 33.1 Å². The van der Waals surface area contributed by atoms with Crippen LogP contribution in [0.15, 0.2) is 48.5 Å². The second-order valence-electron chi connectivity index (χ2n) is 6.54. The Kier molecular flexibility index (Phi) is 6.42. The molecule has 0 fully saturated rings. The molecule has 26 heavy (non-hydrogen) atoms. The van der Waals surface area contributed by atoms with Crippen molar-refractivity contribution in [1.29, 1.82) is 0 Å². The molecule has 140 valence electrons. The van der Waals surface area contributed by atoms with E-state index < -0.39 is 10.0 Å². The van der Waals surface area contributed by atoms with Gasteiger partial charge in [0.05, 0.1) is 11.9 Å². The van der Waals surface area contributed by atoms with E-state index in [9.17, 15) is 13.2 Å². The molecule has 0 aliphatic carbocycles. The van der Waals surface area contributed by atoms with Crippen LogP contribution in [0, 0.1) is 0 Å². The maximum Gasteiger partial charge on any atom is 0.245 e. The van der Waals surface area contributed by atoms with Crippen LogP contribution in [-0.2, 0) is 21.2 Å². The number of hydrogen-bond donors (Lipinski definition) is 1. The number of sulfonamides is 1. The van der Waals surface area contributed by atoms with Crippen LogP contribution in [0.2, 0.25) is 0 Å². The van der Waals surface area contributed by atoms with Gasteiger partial charge in [-0.1, -0.05) is 57.2 Å². The average molecular weight is 375 g/mol. The normalized spacial score (nSPS) is 11.4. The summed E-state index contributed by atoms with van der Waals surface area (Å²) >= 11 is 0. The van der Waals surface area contributed by atoms with Crippen LogP contribution in [0.1, 0.15) is 37.8 Å². The summed E-state index contributed by atoms with van der Waals surface area (Å²) in [7, 11) is -3.60. The summed E-state index contributed by atoms with van der Waals surface area (Å²) < 4.78 is 25.9. The number of amides is 1. The van der Waals surface area contributed by atoms with E-state index in [2.05, 4.69) is 5.32 Å². The van der Waals surface area contributed by atoms with Crippen molar-refractivity contribution in [2.24, 2.45) is 0 Å². The van der Waals surface area contributed by atoms with Gasteiger partial charge in [-0.25, -0.2) is 8.42 Å². The van der Waals surface area contributed by atoms with Crippen LogP contribution >= 0.6 is 0 Å². The quantitative estimate of drug-likeness (QED) is 0.802. The molecule has 2 aromatic carbocycles. The predicted molar refractivity (Wildman–Crippen MR) is 107 cm³/mol. The van der Waals surface area contributed by atoms with Crippen LogP contribution in [0.4, 0.5) is 11.4 Å². The van der Waals surface area contributed by atoms with E-state index in [-0.39, 0.29) is 18.4 Å². The topological polar surface area (TPSA) is 66.5 Å². The summed E-state index contributed by atoms with van der Waals surface area (Å²) in [6.45, 7) is 5.74. The lowest BCUT2D eigenvalue weighted by atomic mass is 10.0. The standard InChI is InChI=1S/C20H26N2O3S/c1-5-16-10-6-8-12-18(16)21-20(23)14-22(26(4,24)25)19-13-9-7-11-17(19)15(2)3/h6-13,15H,5,14H2,1-4H3,(H,21,23). The molecular weight excluding hydrogens is 348 g/mol. The largest absolute Gasteiger partial charge is 0.324 e. The Morgan fingerprint density at radius 3 is 2.31 bits per heavy atom. The molecule has 0 saturated carbocycles. The van der Waals surface area contributed by atoms with Crippen molar-refractivity contribution in [1.82, 2.24) is 0 Å². The monoisotopic (exact) mass is 374 g/mol. The van der Waals surface area contributed by atoms with Crippen molar-refractivity contribution in [3.05, 3.63) is 59.7 Å². The molecule has 0 aliphatic rings. The van der Waals surface area contributed by atoms with Gasteiger partial charge in [0, 0.05) is 5.69 Å². The fraction of sp³-hybridized carbons (Fsp3) is 0.350. The lowest BCUT2D eigenvalue weighted by molar-refractivity contribution is -0.114. The zero-order chi connectivity index (χ0) is 19.3. The van der Waals surface area contributed by atoms with E-state index in [4.69, 9.17) is 0 Å². The van der Waals surface area contributed by atoms with Gasteiger partial charge in [0.1, 0.15) is 6.54 Å². The number of nitrogens with one attached hydrogen (secondary N) is 1. The Hall–Kier alpha value is -2.34. The van der Waals surface area contributed by atoms with Gasteiger partial charge in [0.25, 0.3) is 0 Å². The van der Waals surface area contributed by atoms with Crippen molar-refractivity contribution in [2.75, 3.05) is 22.4 Å². The average Bonchev–Trinajstić information content (AvgIpc) is 2.59. The van der Waals surface area contributed by atoms with Crippen molar-refractivity contribution >= 4 is 27.3 Å². The van der Waals surface area contributed by atoms with Gasteiger partial charge in [-0.2, -0.15) is 0 Å². The van der Waals surface area contributed by atoms with Gasteiger partial charge in [-0.15, -0.1) is 0 Å². The van der Waals surface area contributed by atoms with Crippen LogP contribution in [0.5, 0.6) is 0 Å². The smallest absolute Gasteiger partial charge is 0.245 e. The first kappa shape index (κ1) is 20.0. The second-order valence-corrected chi connectivity index (χ2v) is 8.45. The fourth-order valence-corrected chi connectivity index (χ4v) is 3.73. The molecule has 2 aromatic rings. The molecule has 0 atom stereocenters. The number of anilines is 2. The van der Waals surface area contributed by atoms with E-state index in [0.717, 1.165) is 23.8 Å². The van der Waals surface area contributed by atoms with Crippen molar-refractivity contribution < 1.29 is 13.2 Å². The Bertz CT molecular complexity index is 876. The third-order valence-corrected chi connectivity index (χ3v) is 5.31. The molecule has 0 bridgehead atoms. The van der Waals surface area contributed by atoms with Gasteiger partial charge in [0.2, 0.25) is 15.9 Å². The molecule has 0 radical (unpaired) electrons. The highest BCUT2D eigenvalue weighted by Crippen LogP contribution is 2.29. The Morgan fingerprint density at radius 1 is 1.08 bits per heavy atom. The molecule has 5 nitrogen and oxygen atoms in total. The Morgan fingerprint density at radius 2 is 1.69 bits per heavy atom. The van der Waals surface area contributed by atoms with Crippen molar-refractivity contribution in [3.63, 3.8) is 0 Å². The first-order valence-electron chi connectivity index (χ1n) is 8.68. The molecule has 0 aromatic heterocycles. The number of hydrogen-bond acceptors (Lipinski definition) is 3. The zero-order valence-electron chi connectivity index (χ0n) is 15.7. The number of aryl methyl sites for hydroxylation is 1. The van der Waals surface area contributed by atoms with E-state index in [0.29, 0.717) is 11.4 Å². The molecule has 6 heteroatoms. The fourth-order valence-electron chi connectivity index (χ4n) is 2.85. The Labute approximate surface area is 156 Å². The van der Waals surface area contributed by atoms with E-state index in [1.54, 1.807) is 12.1 Å². The van der Waals surface area contributed by atoms with E-state index in [1.807, 2.05) is 57.2 Å². The maximum absolute atomic E-state index is 12.6. The minimum absolute atomic E-state index is 0.138. The molecule has 2 rings (SSSR count). The predicted octanol–water partition coefficient (Wildman–Crippen LogP) is 3.78. The number of carbonyl (C=O) groups excluding carboxylic acids is 1. The van der Waals surface area contributed by atoms with Gasteiger partial charge in [-0.3, -0.25) is 9.10 Å². The van der Waals surface area contributed by atoms with Crippen LogP contribution < -0.4 is 9.62 Å². The van der Waals surface area contributed by atoms with Gasteiger partial charge in [-0.05, 0) is 35.6 Å². The van der Waals surface area contributed by atoms with E-state index in [1.165, 1.54) is 4.31 Å². The Balaban J connectivity index is 2.31. The summed E-state index contributed by atoms with van der Waals surface area (Å²) in [5.74, 6) is -0.228. The maximum atomic E-state index is 12.6.